The Labute approximate surface area is 101 Å². The molecule has 0 saturated carbocycles. The fraction of sp³-hybridized carbons (Fsp3) is 0.667. The second kappa shape index (κ2) is 4.87. The van der Waals surface area contributed by atoms with Gasteiger partial charge in [-0.1, -0.05) is 13.3 Å². The van der Waals surface area contributed by atoms with Crippen molar-refractivity contribution in [2.24, 2.45) is 0 Å². The van der Waals surface area contributed by atoms with Crippen molar-refractivity contribution in [2.75, 3.05) is 11.9 Å². The number of aromatic nitrogens is 2. The number of nitrogens with one attached hydrogen (secondary N) is 3. The third-order valence-electron chi connectivity index (χ3n) is 3.26. The van der Waals surface area contributed by atoms with E-state index in [1.54, 1.807) is 0 Å². The van der Waals surface area contributed by atoms with Crippen molar-refractivity contribution in [1.82, 2.24) is 15.5 Å². The average molecular weight is 236 g/mol. The van der Waals surface area contributed by atoms with E-state index >= 15 is 0 Å². The molecule has 1 aromatic rings. The maximum absolute atomic E-state index is 12.1. The first-order valence-electron chi connectivity index (χ1n) is 6.25. The Morgan fingerprint density at radius 2 is 2.47 bits per heavy atom. The molecule has 1 saturated heterocycles. The molecule has 2 heterocycles. The van der Waals surface area contributed by atoms with E-state index in [2.05, 4.69) is 27.8 Å². The van der Waals surface area contributed by atoms with Crippen LogP contribution < -0.4 is 10.6 Å². The second-order valence-electron chi connectivity index (χ2n) is 4.84. The Balaban J connectivity index is 1.97. The molecule has 94 valence electrons. The van der Waals surface area contributed by atoms with E-state index in [1.807, 2.05) is 13.0 Å². The molecule has 1 aliphatic rings. The van der Waals surface area contributed by atoms with Crippen molar-refractivity contribution < 1.29 is 4.79 Å². The minimum Gasteiger partial charge on any atom is -0.308 e. The second-order valence-corrected chi connectivity index (χ2v) is 4.84. The van der Waals surface area contributed by atoms with Gasteiger partial charge >= 0.3 is 0 Å². The quantitative estimate of drug-likeness (QED) is 0.741. The minimum absolute atomic E-state index is 0.00421. The lowest BCUT2D eigenvalue weighted by Crippen LogP contribution is -2.48. The number of hydrogen-bond donors (Lipinski definition) is 3. The van der Waals surface area contributed by atoms with Gasteiger partial charge in [-0.15, -0.1) is 0 Å². The van der Waals surface area contributed by atoms with Crippen molar-refractivity contribution >= 4 is 11.7 Å². The van der Waals surface area contributed by atoms with Crippen LogP contribution in [0.25, 0.3) is 0 Å². The molecule has 1 aliphatic heterocycles. The highest BCUT2D eigenvalue weighted by molar-refractivity contribution is 5.97. The van der Waals surface area contributed by atoms with Crippen LogP contribution in [0.2, 0.25) is 0 Å². The molecule has 2 rings (SSSR count). The lowest BCUT2D eigenvalue weighted by Gasteiger charge is -2.22. The molecule has 0 aliphatic carbocycles. The van der Waals surface area contributed by atoms with E-state index in [0.717, 1.165) is 37.9 Å². The summed E-state index contributed by atoms with van der Waals surface area (Å²) >= 11 is 0. The number of carbonyl (C=O) groups is 1. The number of aryl methyl sites for hydroxylation is 1. The third-order valence-corrected chi connectivity index (χ3v) is 3.26. The number of rotatable bonds is 4. The molecule has 0 aromatic carbocycles. The van der Waals surface area contributed by atoms with Gasteiger partial charge in [-0.05, 0) is 32.7 Å². The summed E-state index contributed by atoms with van der Waals surface area (Å²) in [5, 5.41) is 13.1. The number of nitrogens with zero attached hydrogens (tertiary/aromatic N) is 1. The Kier molecular flexibility index (Phi) is 3.47. The molecule has 5 nitrogen and oxygen atoms in total. The zero-order valence-electron chi connectivity index (χ0n) is 10.5. The molecule has 1 unspecified atom stereocenters. The molecule has 0 bridgehead atoms. The van der Waals surface area contributed by atoms with Crippen molar-refractivity contribution in [2.45, 2.75) is 45.1 Å². The van der Waals surface area contributed by atoms with E-state index in [0.29, 0.717) is 5.82 Å². The zero-order valence-corrected chi connectivity index (χ0v) is 10.5. The Morgan fingerprint density at radius 1 is 1.65 bits per heavy atom. The number of aromatic amines is 1. The van der Waals surface area contributed by atoms with Gasteiger partial charge in [0.1, 0.15) is 0 Å². The number of H-pyrrole nitrogens is 1. The molecule has 0 radical (unpaired) electrons. The van der Waals surface area contributed by atoms with Gasteiger partial charge in [0.25, 0.3) is 0 Å². The van der Waals surface area contributed by atoms with Gasteiger partial charge < -0.3 is 10.6 Å². The number of carbonyl (C=O) groups excluding carboxylic acids is 1. The third kappa shape index (κ3) is 2.66. The maximum atomic E-state index is 12.1. The number of amides is 1. The molecular weight excluding hydrogens is 216 g/mol. The van der Waals surface area contributed by atoms with Crippen molar-refractivity contribution in [1.29, 1.82) is 0 Å². The maximum Gasteiger partial charge on any atom is 0.245 e. The molecule has 1 aromatic heterocycles. The van der Waals surface area contributed by atoms with E-state index < -0.39 is 5.54 Å². The average Bonchev–Trinajstić information content (AvgIpc) is 2.90. The van der Waals surface area contributed by atoms with Gasteiger partial charge in [0.2, 0.25) is 5.91 Å². The summed E-state index contributed by atoms with van der Waals surface area (Å²) in [6.07, 6.45) is 3.95. The van der Waals surface area contributed by atoms with E-state index in [1.165, 1.54) is 0 Å². The normalized spacial score (nSPS) is 23.9. The molecule has 1 atom stereocenters. The Morgan fingerprint density at radius 3 is 3.12 bits per heavy atom. The molecule has 0 spiro atoms. The van der Waals surface area contributed by atoms with Crippen molar-refractivity contribution in [3.05, 3.63) is 11.8 Å². The van der Waals surface area contributed by atoms with Gasteiger partial charge in [0.05, 0.1) is 5.54 Å². The van der Waals surface area contributed by atoms with Crippen LogP contribution in [0, 0.1) is 0 Å². The molecular formula is C12H20N4O. The lowest BCUT2D eigenvalue weighted by molar-refractivity contribution is -0.121. The van der Waals surface area contributed by atoms with Crippen LogP contribution in [-0.4, -0.2) is 28.2 Å². The SMILES string of the molecule is CCCc1cc(NC(=O)C2(C)CCCN2)n[nH]1. The van der Waals surface area contributed by atoms with Gasteiger partial charge in [-0.2, -0.15) is 5.10 Å². The zero-order chi connectivity index (χ0) is 12.3. The van der Waals surface area contributed by atoms with Gasteiger partial charge in [-0.25, -0.2) is 0 Å². The topological polar surface area (TPSA) is 69.8 Å². The van der Waals surface area contributed by atoms with Crippen LogP contribution in [0.3, 0.4) is 0 Å². The Bertz CT molecular complexity index is 393. The van der Waals surface area contributed by atoms with Crippen LogP contribution in [0.4, 0.5) is 5.82 Å². The predicted octanol–water partition coefficient (Wildman–Crippen LogP) is 1.44. The summed E-state index contributed by atoms with van der Waals surface area (Å²) in [6.45, 7) is 4.96. The van der Waals surface area contributed by atoms with Crippen molar-refractivity contribution in [3.63, 3.8) is 0 Å². The highest BCUT2D eigenvalue weighted by atomic mass is 16.2. The van der Waals surface area contributed by atoms with Gasteiger partial charge in [0, 0.05) is 11.8 Å². The van der Waals surface area contributed by atoms with E-state index in [9.17, 15) is 4.79 Å². The van der Waals surface area contributed by atoms with E-state index in [4.69, 9.17) is 0 Å². The van der Waals surface area contributed by atoms with Crippen LogP contribution >= 0.6 is 0 Å². The summed E-state index contributed by atoms with van der Waals surface area (Å²) in [5.41, 5.74) is 0.622. The summed E-state index contributed by atoms with van der Waals surface area (Å²) in [5.74, 6) is 0.623. The summed E-state index contributed by atoms with van der Waals surface area (Å²) < 4.78 is 0. The molecule has 1 fully saturated rings. The first-order valence-corrected chi connectivity index (χ1v) is 6.25. The summed E-state index contributed by atoms with van der Waals surface area (Å²) in [4.78, 5) is 12.1. The monoisotopic (exact) mass is 236 g/mol. The van der Waals surface area contributed by atoms with Gasteiger partial charge in [0.15, 0.2) is 5.82 Å². The lowest BCUT2D eigenvalue weighted by atomic mass is 9.99. The highest BCUT2D eigenvalue weighted by Crippen LogP contribution is 2.20. The summed E-state index contributed by atoms with van der Waals surface area (Å²) in [7, 11) is 0. The molecule has 17 heavy (non-hydrogen) atoms. The fourth-order valence-corrected chi connectivity index (χ4v) is 2.17. The highest BCUT2D eigenvalue weighted by Gasteiger charge is 2.36. The van der Waals surface area contributed by atoms with E-state index in [-0.39, 0.29) is 5.91 Å². The van der Waals surface area contributed by atoms with Gasteiger partial charge in [-0.3, -0.25) is 9.89 Å². The standard InChI is InChI=1S/C12H20N4O/c1-3-5-9-8-10(16-15-9)14-11(17)12(2)6-4-7-13-12/h8,13H,3-7H2,1-2H3,(H2,14,15,16,17). The summed E-state index contributed by atoms with van der Waals surface area (Å²) in [6, 6.07) is 1.90. The largest absolute Gasteiger partial charge is 0.308 e. The van der Waals surface area contributed by atoms with Crippen LogP contribution in [0.1, 0.15) is 38.8 Å². The first-order chi connectivity index (χ1) is 8.14. The fourth-order valence-electron chi connectivity index (χ4n) is 2.17. The minimum atomic E-state index is -0.441. The first kappa shape index (κ1) is 12.1. The van der Waals surface area contributed by atoms with Crippen LogP contribution in [0.5, 0.6) is 0 Å². The number of anilines is 1. The molecule has 5 heteroatoms. The molecule has 3 N–H and O–H groups in total. The Hall–Kier alpha value is -1.36. The molecule has 1 amide bonds. The predicted molar refractivity (Wildman–Crippen MR) is 66.9 cm³/mol. The number of hydrogen-bond acceptors (Lipinski definition) is 3. The smallest absolute Gasteiger partial charge is 0.245 e. The van der Waals surface area contributed by atoms with Crippen LogP contribution in [-0.2, 0) is 11.2 Å². The van der Waals surface area contributed by atoms with Crippen molar-refractivity contribution in [3.8, 4) is 0 Å². The van der Waals surface area contributed by atoms with Crippen LogP contribution in [0.15, 0.2) is 6.07 Å².